The highest BCUT2D eigenvalue weighted by molar-refractivity contribution is 5.90. The molecular weight excluding hydrogens is 304 g/mol. The lowest BCUT2D eigenvalue weighted by Crippen LogP contribution is -2.36. The van der Waals surface area contributed by atoms with Crippen LogP contribution in [-0.4, -0.2) is 24.6 Å². The van der Waals surface area contributed by atoms with E-state index in [4.69, 9.17) is 9.47 Å². The van der Waals surface area contributed by atoms with Crippen molar-refractivity contribution < 1.29 is 19.1 Å². The predicted molar refractivity (Wildman–Crippen MR) is 92.7 cm³/mol. The topological polar surface area (TPSA) is 52.6 Å². The fraction of sp³-hybridized carbons (Fsp3) is 0.600. The Morgan fingerprint density at radius 1 is 1.25 bits per heavy atom. The van der Waals surface area contributed by atoms with Gasteiger partial charge in [-0.25, -0.2) is 9.59 Å². The number of hydrogen-bond donors (Lipinski definition) is 0. The van der Waals surface area contributed by atoms with Crippen molar-refractivity contribution in [3.63, 3.8) is 0 Å². The summed E-state index contributed by atoms with van der Waals surface area (Å²) in [6.07, 6.45) is 3.08. The summed E-state index contributed by atoms with van der Waals surface area (Å²) in [4.78, 5) is 24.1. The third-order valence-electron chi connectivity index (χ3n) is 4.82. The standard InChI is InChI=1S/C20H28O4/c1-13(2)17-9-8-15(4)11-18(17)24-19(21)12-23-20(22)16-7-5-6-14(3)10-16/h5-7,10,13,15,17-18H,8-9,11-12H2,1-4H3. The van der Waals surface area contributed by atoms with Gasteiger partial charge in [0.15, 0.2) is 6.61 Å². The quantitative estimate of drug-likeness (QED) is 0.760. The molecule has 1 aliphatic carbocycles. The number of rotatable bonds is 5. The molecule has 1 saturated carbocycles. The van der Waals surface area contributed by atoms with Crippen LogP contribution in [0.25, 0.3) is 0 Å². The van der Waals surface area contributed by atoms with Gasteiger partial charge in [0.05, 0.1) is 5.56 Å². The second-order valence-corrected chi connectivity index (χ2v) is 7.30. The molecule has 0 amide bonds. The van der Waals surface area contributed by atoms with E-state index in [1.165, 1.54) is 6.42 Å². The first kappa shape index (κ1) is 18.5. The minimum atomic E-state index is -0.493. The first-order valence-electron chi connectivity index (χ1n) is 8.80. The molecule has 0 saturated heterocycles. The Labute approximate surface area is 144 Å². The number of carbonyl (C=O) groups excluding carboxylic acids is 2. The van der Waals surface area contributed by atoms with E-state index in [0.717, 1.165) is 18.4 Å². The van der Waals surface area contributed by atoms with E-state index in [-0.39, 0.29) is 12.7 Å². The number of carbonyl (C=O) groups is 2. The highest BCUT2D eigenvalue weighted by Crippen LogP contribution is 2.35. The maximum Gasteiger partial charge on any atom is 0.344 e. The van der Waals surface area contributed by atoms with Crippen molar-refractivity contribution in [3.8, 4) is 0 Å². The second-order valence-electron chi connectivity index (χ2n) is 7.30. The average Bonchev–Trinajstić information content (AvgIpc) is 2.52. The molecule has 0 radical (unpaired) electrons. The van der Waals surface area contributed by atoms with E-state index in [9.17, 15) is 9.59 Å². The molecule has 0 spiro atoms. The molecule has 0 bridgehead atoms. The smallest absolute Gasteiger partial charge is 0.344 e. The van der Waals surface area contributed by atoms with Crippen molar-refractivity contribution in [2.75, 3.05) is 6.61 Å². The largest absolute Gasteiger partial charge is 0.460 e. The molecule has 0 N–H and O–H groups in total. The Balaban J connectivity index is 1.86. The van der Waals surface area contributed by atoms with Crippen molar-refractivity contribution in [1.82, 2.24) is 0 Å². The molecule has 24 heavy (non-hydrogen) atoms. The molecule has 2 rings (SSSR count). The average molecular weight is 332 g/mol. The van der Waals surface area contributed by atoms with E-state index in [0.29, 0.717) is 23.3 Å². The summed E-state index contributed by atoms with van der Waals surface area (Å²) >= 11 is 0. The van der Waals surface area contributed by atoms with Gasteiger partial charge in [-0.3, -0.25) is 0 Å². The van der Waals surface area contributed by atoms with Crippen LogP contribution in [-0.2, 0) is 14.3 Å². The summed E-state index contributed by atoms with van der Waals surface area (Å²) in [6, 6.07) is 7.12. The fourth-order valence-electron chi connectivity index (χ4n) is 3.43. The summed E-state index contributed by atoms with van der Waals surface area (Å²) in [6.45, 7) is 8.09. The van der Waals surface area contributed by atoms with Crippen molar-refractivity contribution in [2.45, 2.75) is 53.1 Å². The van der Waals surface area contributed by atoms with Gasteiger partial charge in [0, 0.05) is 0 Å². The van der Waals surface area contributed by atoms with Gasteiger partial charge >= 0.3 is 11.9 Å². The van der Waals surface area contributed by atoms with Gasteiger partial charge < -0.3 is 9.47 Å². The third-order valence-corrected chi connectivity index (χ3v) is 4.82. The van der Waals surface area contributed by atoms with Crippen LogP contribution >= 0.6 is 0 Å². The number of esters is 2. The Morgan fingerprint density at radius 2 is 2.00 bits per heavy atom. The van der Waals surface area contributed by atoms with Gasteiger partial charge in [-0.1, -0.05) is 44.9 Å². The molecule has 4 heteroatoms. The molecule has 3 atom stereocenters. The van der Waals surface area contributed by atoms with Gasteiger partial charge in [0.2, 0.25) is 0 Å². The number of ether oxygens (including phenoxy) is 2. The first-order valence-corrected chi connectivity index (χ1v) is 8.80. The van der Waals surface area contributed by atoms with Crippen molar-refractivity contribution >= 4 is 11.9 Å². The van der Waals surface area contributed by atoms with Crippen molar-refractivity contribution in [3.05, 3.63) is 35.4 Å². The zero-order valence-electron chi connectivity index (χ0n) is 15.1. The predicted octanol–water partition coefficient (Wildman–Crippen LogP) is 4.16. The molecule has 1 aromatic carbocycles. The lowest BCUT2D eigenvalue weighted by molar-refractivity contribution is -0.159. The van der Waals surface area contributed by atoms with Crippen LogP contribution in [0.5, 0.6) is 0 Å². The SMILES string of the molecule is Cc1cccc(C(=O)OCC(=O)OC2CC(C)CCC2C(C)C)c1. The molecule has 1 fully saturated rings. The first-order chi connectivity index (χ1) is 11.4. The van der Waals surface area contributed by atoms with Gasteiger partial charge in [0.25, 0.3) is 0 Å². The third kappa shape index (κ3) is 5.08. The zero-order valence-corrected chi connectivity index (χ0v) is 15.1. The lowest BCUT2D eigenvalue weighted by Gasteiger charge is -2.36. The normalized spacial score (nSPS) is 23.8. The molecule has 0 aromatic heterocycles. The van der Waals surface area contributed by atoms with E-state index < -0.39 is 11.9 Å². The highest BCUT2D eigenvalue weighted by atomic mass is 16.6. The van der Waals surface area contributed by atoms with Crippen LogP contribution in [0.4, 0.5) is 0 Å². The molecule has 1 aromatic rings. The van der Waals surface area contributed by atoms with Crippen LogP contribution < -0.4 is 0 Å². The Kier molecular flexibility index (Phi) is 6.41. The van der Waals surface area contributed by atoms with E-state index in [1.54, 1.807) is 18.2 Å². The molecule has 0 aliphatic heterocycles. The zero-order chi connectivity index (χ0) is 17.7. The van der Waals surface area contributed by atoms with Crippen molar-refractivity contribution in [1.29, 1.82) is 0 Å². The highest BCUT2D eigenvalue weighted by Gasteiger charge is 2.33. The number of benzene rings is 1. The molecule has 0 heterocycles. The summed E-state index contributed by atoms with van der Waals surface area (Å²) in [5, 5.41) is 0. The molecule has 1 aliphatic rings. The van der Waals surface area contributed by atoms with E-state index >= 15 is 0 Å². The fourth-order valence-corrected chi connectivity index (χ4v) is 3.43. The molecule has 4 nitrogen and oxygen atoms in total. The maximum absolute atomic E-state index is 12.1. The minimum absolute atomic E-state index is 0.0704. The Bertz CT molecular complexity index is 579. The van der Waals surface area contributed by atoms with E-state index in [2.05, 4.69) is 20.8 Å². The maximum atomic E-state index is 12.1. The van der Waals surface area contributed by atoms with Gasteiger partial charge in [-0.15, -0.1) is 0 Å². The van der Waals surface area contributed by atoms with Crippen molar-refractivity contribution in [2.24, 2.45) is 17.8 Å². The molecular formula is C20H28O4. The summed E-state index contributed by atoms with van der Waals surface area (Å²) in [7, 11) is 0. The van der Waals surface area contributed by atoms with Crippen LogP contribution in [0.3, 0.4) is 0 Å². The molecule has 132 valence electrons. The minimum Gasteiger partial charge on any atom is -0.460 e. The van der Waals surface area contributed by atoms with Crippen LogP contribution in [0.2, 0.25) is 0 Å². The molecule has 3 unspecified atom stereocenters. The Hall–Kier alpha value is -1.84. The van der Waals surface area contributed by atoms with Crippen LogP contribution in [0.1, 0.15) is 56.0 Å². The summed E-state index contributed by atoms with van der Waals surface area (Å²) < 4.78 is 10.7. The van der Waals surface area contributed by atoms with Gasteiger partial charge in [-0.05, 0) is 49.7 Å². The number of hydrogen-bond acceptors (Lipinski definition) is 4. The summed E-state index contributed by atoms with van der Waals surface area (Å²) in [5.41, 5.74) is 1.43. The van der Waals surface area contributed by atoms with E-state index in [1.807, 2.05) is 13.0 Å². The van der Waals surface area contributed by atoms with Crippen LogP contribution in [0.15, 0.2) is 24.3 Å². The Morgan fingerprint density at radius 3 is 2.67 bits per heavy atom. The summed E-state index contributed by atoms with van der Waals surface area (Å²) in [5.74, 6) is 0.476. The van der Waals surface area contributed by atoms with Gasteiger partial charge in [0.1, 0.15) is 6.10 Å². The van der Waals surface area contributed by atoms with Crippen LogP contribution in [0, 0.1) is 24.7 Å². The second kappa shape index (κ2) is 8.32. The number of aryl methyl sites for hydroxylation is 1. The monoisotopic (exact) mass is 332 g/mol. The van der Waals surface area contributed by atoms with Gasteiger partial charge in [-0.2, -0.15) is 0 Å². The lowest BCUT2D eigenvalue weighted by atomic mass is 9.75.